The summed E-state index contributed by atoms with van der Waals surface area (Å²) in [6.07, 6.45) is 0. The third kappa shape index (κ3) is 3.92. The van der Waals surface area contributed by atoms with Gasteiger partial charge in [0.25, 0.3) is 11.8 Å². The average Bonchev–Trinajstić information content (AvgIpc) is 3.03. The summed E-state index contributed by atoms with van der Waals surface area (Å²) in [5.41, 5.74) is 1.12. The molecule has 1 saturated heterocycles. The summed E-state index contributed by atoms with van der Waals surface area (Å²) in [4.78, 5) is 39.7. The number of carbonyl (C=O) groups excluding carboxylic acids is 3. The van der Waals surface area contributed by atoms with Crippen LogP contribution in [-0.2, 0) is 16.9 Å². The van der Waals surface area contributed by atoms with Crippen LogP contribution in [0.15, 0.2) is 78.9 Å². The average molecular weight is 429 g/mol. The Bertz CT molecular complexity index is 1180. The van der Waals surface area contributed by atoms with Crippen molar-refractivity contribution in [1.82, 2.24) is 10.2 Å². The van der Waals surface area contributed by atoms with Crippen molar-refractivity contribution in [1.29, 1.82) is 0 Å². The van der Waals surface area contributed by atoms with Crippen LogP contribution in [0.25, 0.3) is 0 Å². The molecule has 0 spiro atoms. The monoisotopic (exact) mass is 429 g/mol. The lowest BCUT2D eigenvalue weighted by Gasteiger charge is -2.24. The SMILES string of the molecule is COc1ccccc1[C@]1(C)NC(=O)N(Cc2cccc(C(=O)Nc3ccccc3)c2)C1=O. The van der Waals surface area contributed by atoms with E-state index in [-0.39, 0.29) is 18.4 Å². The van der Waals surface area contributed by atoms with Gasteiger partial charge in [-0.15, -0.1) is 0 Å². The quantitative estimate of drug-likeness (QED) is 0.582. The van der Waals surface area contributed by atoms with E-state index in [0.29, 0.717) is 28.1 Å². The van der Waals surface area contributed by atoms with Gasteiger partial charge in [0, 0.05) is 16.8 Å². The molecule has 0 aromatic heterocycles. The predicted molar refractivity (Wildman–Crippen MR) is 120 cm³/mol. The number of benzene rings is 3. The van der Waals surface area contributed by atoms with Gasteiger partial charge in [-0.2, -0.15) is 0 Å². The van der Waals surface area contributed by atoms with E-state index >= 15 is 0 Å². The highest BCUT2D eigenvalue weighted by Gasteiger charge is 2.50. The largest absolute Gasteiger partial charge is 0.496 e. The Morgan fingerprint density at radius 2 is 1.72 bits per heavy atom. The van der Waals surface area contributed by atoms with E-state index in [4.69, 9.17) is 4.74 Å². The molecule has 1 atom stereocenters. The molecule has 7 nitrogen and oxygen atoms in total. The van der Waals surface area contributed by atoms with E-state index in [9.17, 15) is 14.4 Å². The van der Waals surface area contributed by atoms with Crippen LogP contribution >= 0.6 is 0 Å². The Balaban J connectivity index is 1.54. The fourth-order valence-electron chi connectivity index (χ4n) is 3.80. The van der Waals surface area contributed by atoms with Crippen molar-refractivity contribution in [2.24, 2.45) is 0 Å². The molecule has 0 aliphatic carbocycles. The highest BCUT2D eigenvalue weighted by Crippen LogP contribution is 2.35. The van der Waals surface area contributed by atoms with E-state index in [1.165, 1.54) is 7.11 Å². The molecular formula is C25H23N3O4. The maximum absolute atomic E-state index is 13.3. The summed E-state index contributed by atoms with van der Waals surface area (Å²) in [5, 5.41) is 5.62. The molecule has 1 fully saturated rings. The van der Waals surface area contributed by atoms with E-state index in [2.05, 4.69) is 10.6 Å². The van der Waals surface area contributed by atoms with Gasteiger partial charge in [0.15, 0.2) is 0 Å². The highest BCUT2D eigenvalue weighted by atomic mass is 16.5. The zero-order valence-corrected chi connectivity index (χ0v) is 17.8. The predicted octanol–water partition coefficient (Wildman–Crippen LogP) is 3.91. The van der Waals surface area contributed by atoms with Crippen LogP contribution in [0.4, 0.5) is 10.5 Å². The first-order valence-corrected chi connectivity index (χ1v) is 10.2. The third-order valence-electron chi connectivity index (χ3n) is 5.48. The summed E-state index contributed by atoms with van der Waals surface area (Å²) >= 11 is 0. The number of imide groups is 1. The van der Waals surface area contributed by atoms with Crippen LogP contribution < -0.4 is 15.4 Å². The van der Waals surface area contributed by atoms with Crippen molar-refractivity contribution in [2.75, 3.05) is 12.4 Å². The highest BCUT2D eigenvalue weighted by molar-refractivity contribution is 6.07. The number of carbonyl (C=O) groups is 3. The number of para-hydroxylation sites is 2. The van der Waals surface area contributed by atoms with Gasteiger partial charge in [0.2, 0.25) is 0 Å². The lowest BCUT2D eigenvalue weighted by molar-refractivity contribution is -0.131. The summed E-state index contributed by atoms with van der Waals surface area (Å²) in [7, 11) is 1.52. The topological polar surface area (TPSA) is 87.7 Å². The molecule has 4 amide bonds. The zero-order valence-electron chi connectivity index (χ0n) is 17.8. The summed E-state index contributed by atoms with van der Waals surface area (Å²) in [6, 6.07) is 22.6. The first-order chi connectivity index (χ1) is 15.4. The van der Waals surface area contributed by atoms with Crippen molar-refractivity contribution >= 4 is 23.5 Å². The number of ether oxygens (including phenoxy) is 1. The molecule has 32 heavy (non-hydrogen) atoms. The fraction of sp³-hybridized carbons (Fsp3) is 0.160. The van der Waals surface area contributed by atoms with Crippen molar-refractivity contribution in [2.45, 2.75) is 19.0 Å². The minimum Gasteiger partial charge on any atom is -0.496 e. The second-order valence-electron chi connectivity index (χ2n) is 7.67. The van der Waals surface area contributed by atoms with Gasteiger partial charge in [0.05, 0.1) is 13.7 Å². The number of hydrogen-bond donors (Lipinski definition) is 2. The molecule has 162 valence electrons. The molecule has 1 aliphatic rings. The van der Waals surface area contributed by atoms with Gasteiger partial charge in [-0.25, -0.2) is 4.79 Å². The number of hydrogen-bond acceptors (Lipinski definition) is 4. The number of methoxy groups -OCH3 is 1. The molecule has 3 aromatic rings. The normalized spacial score (nSPS) is 17.8. The van der Waals surface area contributed by atoms with E-state index in [1.807, 2.05) is 18.2 Å². The number of nitrogens with zero attached hydrogens (tertiary/aromatic N) is 1. The maximum atomic E-state index is 13.3. The lowest BCUT2D eigenvalue weighted by atomic mass is 9.91. The molecule has 4 rings (SSSR count). The molecule has 0 unspecified atom stereocenters. The number of nitrogens with one attached hydrogen (secondary N) is 2. The summed E-state index contributed by atoms with van der Waals surface area (Å²) in [5.74, 6) is -0.134. The van der Waals surface area contributed by atoms with Crippen molar-refractivity contribution < 1.29 is 19.1 Å². The number of rotatable bonds is 6. The van der Waals surface area contributed by atoms with Crippen molar-refractivity contribution in [3.8, 4) is 5.75 Å². The van der Waals surface area contributed by atoms with E-state index in [1.54, 1.807) is 67.6 Å². The Morgan fingerprint density at radius 3 is 2.47 bits per heavy atom. The first-order valence-electron chi connectivity index (χ1n) is 10.2. The van der Waals surface area contributed by atoms with Gasteiger partial charge < -0.3 is 15.4 Å². The van der Waals surface area contributed by atoms with Crippen LogP contribution in [-0.4, -0.2) is 29.9 Å². The van der Waals surface area contributed by atoms with Crippen molar-refractivity contribution in [3.05, 3.63) is 95.6 Å². The molecule has 7 heteroatoms. The lowest BCUT2D eigenvalue weighted by Crippen LogP contribution is -2.41. The zero-order chi connectivity index (χ0) is 22.7. The molecular weight excluding hydrogens is 406 g/mol. The van der Waals surface area contributed by atoms with Gasteiger partial charge in [-0.05, 0) is 42.8 Å². The molecule has 3 aromatic carbocycles. The van der Waals surface area contributed by atoms with E-state index < -0.39 is 11.6 Å². The Labute approximate surface area is 186 Å². The smallest absolute Gasteiger partial charge is 0.325 e. The molecule has 2 N–H and O–H groups in total. The Kier molecular flexibility index (Phi) is 5.64. The number of amides is 4. The molecule has 0 radical (unpaired) electrons. The second-order valence-corrected chi connectivity index (χ2v) is 7.67. The maximum Gasteiger partial charge on any atom is 0.325 e. The molecule has 1 aliphatic heterocycles. The van der Waals surface area contributed by atoms with Crippen LogP contribution in [0.1, 0.15) is 28.4 Å². The molecule has 0 bridgehead atoms. The van der Waals surface area contributed by atoms with E-state index in [0.717, 1.165) is 4.90 Å². The third-order valence-corrected chi connectivity index (χ3v) is 5.48. The minimum absolute atomic E-state index is 0.0435. The van der Waals surface area contributed by atoms with Crippen LogP contribution in [0, 0.1) is 0 Å². The van der Waals surface area contributed by atoms with Gasteiger partial charge >= 0.3 is 6.03 Å². The Hall–Kier alpha value is -4.13. The number of anilines is 1. The standard InChI is InChI=1S/C25H23N3O4/c1-25(20-13-6-7-14-21(20)32-2)23(30)28(24(31)27-25)16-17-9-8-10-18(15-17)22(29)26-19-11-4-3-5-12-19/h3-15H,16H2,1-2H3,(H,26,29)(H,27,31)/t25-/m0/s1. The number of urea groups is 1. The van der Waals surface area contributed by atoms with Crippen molar-refractivity contribution in [3.63, 3.8) is 0 Å². The fourth-order valence-corrected chi connectivity index (χ4v) is 3.80. The summed E-state index contributed by atoms with van der Waals surface area (Å²) in [6.45, 7) is 1.71. The van der Waals surface area contributed by atoms with Gasteiger partial charge in [-0.3, -0.25) is 14.5 Å². The summed E-state index contributed by atoms with van der Waals surface area (Å²) < 4.78 is 5.38. The Morgan fingerprint density at radius 1 is 1.00 bits per heavy atom. The van der Waals surface area contributed by atoms with Crippen LogP contribution in [0.3, 0.4) is 0 Å². The second kappa shape index (κ2) is 8.55. The van der Waals surface area contributed by atoms with Gasteiger partial charge in [-0.1, -0.05) is 48.5 Å². The van der Waals surface area contributed by atoms with Crippen LogP contribution in [0.2, 0.25) is 0 Å². The molecule has 1 heterocycles. The van der Waals surface area contributed by atoms with Gasteiger partial charge in [0.1, 0.15) is 11.3 Å². The first kappa shape index (κ1) is 21.1. The minimum atomic E-state index is -1.24. The molecule has 0 saturated carbocycles. The van der Waals surface area contributed by atoms with Crippen LogP contribution in [0.5, 0.6) is 5.75 Å².